The van der Waals surface area contributed by atoms with Crippen molar-refractivity contribution in [1.82, 2.24) is 10.2 Å². The molecule has 0 aliphatic heterocycles. The van der Waals surface area contributed by atoms with E-state index in [-0.39, 0.29) is 6.61 Å². The van der Waals surface area contributed by atoms with E-state index in [1.807, 2.05) is 43.3 Å². The third-order valence-electron chi connectivity index (χ3n) is 2.09. The van der Waals surface area contributed by atoms with E-state index in [2.05, 4.69) is 10.2 Å². The van der Waals surface area contributed by atoms with Crippen molar-refractivity contribution in [3.63, 3.8) is 0 Å². The summed E-state index contributed by atoms with van der Waals surface area (Å²) in [6.07, 6.45) is 0. The molecule has 4 nitrogen and oxygen atoms in total. The molecule has 1 aromatic heterocycles. The lowest BCUT2D eigenvalue weighted by molar-refractivity contribution is 0.282. The van der Waals surface area contributed by atoms with Crippen molar-refractivity contribution in [1.29, 1.82) is 0 Å². The van der Waals surface area contributed by atoms with Crippen LogP contribution in [0.4, 0.5) is 5.13 Å². The Morgan fingerprint density at radius 3 is 2.47 bits per heavy atom. The smallest absolute Gasteiger partial charge is 0.208 e. The Balaban J connectivity index is 2.08. The Bertz CT molecular complexity index is 482. The first kappa shape index (κ1) is 12.3. The number of hydrogen-bond acceptors (Lipinski definition) is 6. The Kier molecular flexibility index (Phi) is 3.98. The molecule has 0 radical (unpaired) electrons. The maximum Gasteiger partial charge on any atom is 0.208 e. The Morgan fingerprint density at radius 1 is 1.24 bits per heavy atom. The van der Waals surface area contributed by atoms with Crippen molar-refractivity contribution in [3.8, 4) is 0 Å². The normalized spacial score (nSPS) is 10.5. The molecule has 0 amide bonds. The number of aromatic nitrogens is 2. The zero-order valence-electron chi connectivity index (χ0n) is 9.62. The van der Waals surface area contributed by atoms with Crippen LogP contribution in [-0.2, 0) is 6.61 Å². The molecule has 6 heteroatoms. The van der Waals surface area contributed by atoms with Gasteiger partial charge in [-0.15, -0.1) is 10.2 Å². The standard InChI is InChI=1S/C11H13N3OS2/c1-14(2)10-12-13-11(17-10)16-9-5-3-8(7-15)4-6-9/h3-6,15H,7H2,1-2H3. The van der Waals surface area contributed by atoms with Crippen molar-refractivity contribution in [2.24, 2.45) is 0 Å². The van der Waals surface area contributed by atoms with Crippen LogP contribution in [0.3, 0.4) is 0 Å². The summed E-state index contributed by atoms with van der Waals surface area (Å²) in [5.74, 6) is 0. The number of hydrogen-bond donors (Lipinski definition) is 1. The van der Waals surface area contributed by atoms with Crippen molar-refractivity contribution >= 4 is 28.2 Å². The number of nitrogens with zero attached hydrogens (tertiary/aromatic N) is 3. The lowest BCUT2D eigenvalue weighted by atomic mass is 10.2. The van der Waals surface area contributed by atoms with E-state index in [1.165, 1.54) is 0 Å². The third-order valence-corrected chi connectivity index (χ3v) is 4.24. The summed E-state index contributed by atoms with van der Waals surface area (Å²) in [5, 5.41) is 18.0. The number of benzene rings is 1. The third kappa shape index (κ3) is 3.18. The first-order valence-corrected chi connectivity index (χ1v) is 6.71. The average Bonchev–Trinajstić information content (AvgIpc) is 2.79. The second-order valence-corrected chi connectivity index (χ2v) is 5.93. The van der Waals surface area contributed by atoms with Crippen molar-refractivity contribution in [2.45, 2.75) is 15.8 Å². The molecular formula is C11H13N3OS2. The van der Waals surface area contributed by atoms with E-state index in [1.54, 1.807) is 23.1 Å². The summed E-state index contributed by atoms with van der Waals surface area (Å²) in [4.78, 5) is 3.04. The molecular weight excluding hydrogens is 254 g/mol. The molecule has 1 N–H and O–H groups in total. The van der Waals surface area contributed by atoms with Gasteiger partial charge < -0.3 is 10.0 Å². The minimum absolute atomic E-state index is 0.0779. The highest BCUT2D eigenvalue weighted by Gasteiger charge is 2.07. The number of aliphatic hydroxyl groups is 1. The fourth-order valence-electron chi connectivity index (χ4n) is 1.19. The number of rotatable bonds is 4. The fourth-order valence-corrected chi connectivity index (χ4v) is 2.92. The van der Waals surface area contributed by atoms with Crippen LogP contribution < -0.4 is 4.90 Å². The first-order valence-electron chi connectivity index (χ1n) is 5.07. The van der Waals surface area contributed by atoms with Gasteiger partial charge in [0.05, 0.1) is 6.61 Å². The predicted molar refractivity (Wildman–Crippen MR) is 70.7 cm³/mol. The van der Waals surface area contributed by atoms with Crippen LogP contribution in [0.15, 0.2) is 33.5 Å². The number of aliphatic hydroxyl groups excluding tert-OH is 1. The monoisotopic (exact) mass is 267 g/mol. The van der Waals surface area contributed by atoms with Gasteiger partial charge in [-0.25, -0.2) is 0 Å². The Morgan fingerprint density at radius 2 is 1.94 bits per heavy atom. The SMILES string of the molecule is CN(C)c1nnc(Sc2ccc(CO)cc2)s1. The molecule has 0 spiro atoms. The van der Waals surface area contributed by atoms with Crippen LogP contribution >= 0.6 is 23.1 Å². The topological polar surface area (TPSA) is 49.2 Å². The lowest BCUT2D eigenvalue weighted by Gasteiger charge is -2.03. The van der Waals surface area contributed by atoms with Crippen LogP contribution in [0.25, 0.3) is 0 Å². The summed E-state index contributed by atoms with van der Waals surface area (Å²) >= 11 is 3.14. The van der Waals surface area contributed by atoms with E-state index in [9.17, 15) is 0 Å². The minimum atomic E-state index is 0.0779. The summed E-state index contributed by atoms with van der Waals surface area (Å²) in [7, 11) is 3.90. The minimum Gasteiger partial charge on any atom is -0.392 e. The van der Waals surface area contributed by atoms with Crippen LogP contribution in [0, 0.1) is 0 Å². The van der Waals surface area contributed by atoms with Crippen molar-refractivity contribution in [3.05, 3.63) is 29.8 Å². The van der Waals surface area contributed by atoms with E-state index < -0.39 is 0 Å². The predicted octanol–water partition coefficient (Wildman–Crippen LogP) is 2.25. The van der Waals surface area contributed by atoms with Gasteiger partial charge in [-0.3, -0.25) is 0 Å². The van der Waals surface area contributed by atoms with Gasteiger partial charge in [0, 0.05) is 19.0 Å². The highest BCUT2D eigenvalue weighted by atomic mass is 32.2. The van der Waals surface area contributed by atoms with E-state index in [0.29, 0.717) is 0 Å². The molecule has 0 unspecified atom stereocenters. The van der Waals surface area contributed by atoms with E-state index in [4.69, 9.17) is 5.11 Å². The van der Waals surface area contributed by atoms with Gasteiger partial charge in [0.15, 0.2) is 4.34 Å². The van der Waals surface area contributed by atoms with Crippen LogP contribution in [0.1, 0.15) is 5.56 Å². The molecule has 0 fully saturated rings. The molecule has 1 heterocycles. The summed E-state index contributed by atoms with van der Waals surface area (Å²) in [6, 6.07) is 7.78. The Labute approximate surface area is 108 Å². The molecule has 0 aliphatic carbocycles. The second kappa shape index (κ2) is 5.48. The zero-order valence-corrected chi connectivity index (χ0v) is 11.3. The van der Waals surface area contributed by atoms with Crippen molar-refractivity contribution in [2.75, 3.05) is 19.0 Å². The quantitative estimate of drug-likeness (QED) is 0.920. The molecule has 2 rings (SSSR count). The molecule has 0 aliphatic rings. The van der Waals surface area contributed by atoms with Gasteiger partial charge >= 0.3 is 0 Å². The van der Waals surface area contributed by atoms with Gasteiger partial charge in [-0.05, 0) is 17.7 Å². The van der Waals surface area contributed by atoms with Crippen LogP contribution in [0.5, 0.6) is 0 Å². The first-order chi connectivity index (χ1) is 8.19. The van der Waals surface area contributed by atoms with E-state index in [0.717, 1.165) is 19.9 Å². The van der Waals surface area contributed by atoms with Gasteiger partial charge in [0.25, 0.3) is 0 Å². The van der Waals surface area contributed by atoms with E-state index >= 15 is 0 Å². The van der Waals surface area contributed by atoms with Gasteiger partial charge in [-0.1, -0.05) is 35.2 Å². The molecule has 0 saturated heterocycles. The molecule has 2 aromatic rings. The maximum atomic E-state index is 8.95. The molecule has 0 saturated carbocycles. The van der Waals surface area contributed by atoms with Crippen LogP contribution in [0.2, 0.25) is 0 Å². The second-order valence-electron chi connectivity index (χ2n) is 3.65. The molecule has 17 heavy (non-hydrogen) atoms. The highest BCUT2D eigenvalue weighted by Crippen LogP contribution is 2.32. The summed E-state index contributed by atoms with van der Waals surface area (Å²) in [5.41, 5.74) is 0.917. The van der Waals surface area contributed by atoms with Crippen LogP contribution in [-0.4, -0.2) is 29.4 Å². The van der Waals surface area contributed by atoms with Gasteiger partial charge in [0.2, 0.25) is 5.13 Å². The summed E-state index contributed by atoms with van der Waals surface area (Å²) < 4.78 is 0.922. The van der Waals surface area contributed by atoms with Gasteiger partial charge in [-0.2, -0.15) is 0 Å². The zero-order chi connectivity index (χ0) is 12.3. The number of anilines is 1. The lowest BCUT2D eigenvalue weighted by Crippen LogP contribution is -2.07. The Hall–Kier alpha value is -1.11. The molecule has 90 valence electrons. The summed E-state index contributed by atoms with van der Waals surface area (Å²) in [6.45, 7) is 0.0779. The van der Waals surface area contributed by atoms with Gasteiger partial charge in [0.1, 0.15) is 0 Å². The molecule has 0 atom stereocenters. The maximum absolute atomic E-state index is 8.95. The largest absolute Gasteiger partial charge is 0.392 e. The fraction of sp³-hybridized carbons (Fsp3) is 0.273. The molecule has 0 bridgehead atoms. The van der Waals surface area contributed by atoms with Crippen molar-refractivity contribution < 1.29 is 5.11 Å². The average molecular weight is 267 g/mol. The highest BCUT2D eigenvalue weighted by molar-refractivity contribution is 8.01. The molecule has 1 aromatic carbocycles.